The zero-order valence-corrected chi connectivity index (χ0v) is 18.4. The first-order chi connectivity index (χ1) is 15.8. The minimum absolute atomic E-state index is 0.0443. The van der Waals surface area contributed by atoms with Gasteiger partial charge in [-0.05, 0) is 48.9 Å². The van der Waals surface area contributed by atoms with E-state index >= 15 is 0 Å². The molecule has 1 amide bonds. The number of phenolic OH excluding ortho intramolecular Hbond substituents is 1. The van der Waals surface area contributed by atoms with E-state index in [1.807, 2.05) is 19.1 Å². The van der Waals surface area contributed by atoms with E-state index in [9.17, 15) is 19.8 Å². The topological polar surface area (TPSA) is 96.3 Å². The van der Waals surface area contributed by atoms with Crippen LogP contribution < -0.4 is 14.4 Å². The number of aliphatic hydroxyl groups excluding tert-OH is 1. The van der Waals surface area contributed by atoms with Gasteiger partial charge in [0.15, 0.2) is 0 Å². The van der Waals surface area contributed by atoms with Gasteiger partial charge in [-0.15, -0.1) is 0 Å². The summed E-state index contributed by atoms with van der Waals surface area (Å²) in [4.78, 5) is 27.7. The molecule has 1 aliphatic rings. The lowest BCUT2D eigenvalue weighted by Gasteiger charge is -2.25. The minimum Gasteiger partial charge on any atom is -0.508 e. The molecule has 33 heavy (non-hydrogen) atoms. The summed E-state index contributed by atoms with van der Waals surface area (Å²) in [5, 5.41) is 21.0. The Balaban J connectivity index is 1.95. The molecule has 1 saturated heterocycles. The molecule has 7 nitrogen and oxygen atoms in total. The standard InChI is InChI=1S/C26H23NO6/c1-15-4-8-17(9-5-15)27-23(16-6-10-18(28)11-7-16)22(25(30)26(27)31)24(29)20-13-12-19(32-2)14-21(20)33-3/h4-14,23,28-29H,1-3H3/b24-22-. The van der Waals surface area contributed by atoms with Crippen LogP contribution in [0.25, 0.3) is 5.76 Å². The summed E-state index contributed by atoms with van der Waals surface area (Å²) in [6.07, 6.45) is 0. The first kappa shape index (κ1) is 22.0. The molecule has 1 atom stereocenters. The van der Waals surface area contributed by atoms with Crippen LogP contribution in [0, 0.1) is 6.92 Å². The highest BCUT2D eigenvalue weighted by atomic mass is 16.5. The fourth-order valence-corrected chi connectivity index (χ4v) is 3.92. The Kier molecular flexibility index (Phi) is 5.79. The maximum atomic E-state index is 13.2. The molecule has 4 rings (SSSR count). The van der Waals surface area contributed by atoms with E-state index in [4.69, 9.17) is 9.47 Å². The SMILES string of the molecule is COc1ccc(/C(O)=C2/C(=O)C(=O)N(c3ccc(C)cc3)C2c2ccc(O)cc2)c(OC)c1. The molecule has 0 aromatic heterocycles. The number of ketones is 1. The summed E-state index contributed by atoms with van der Waals surface area (Å²) in [6.45, 7) is 1.92. The van der Waals surface area contributed by atoms with Crippen molar-refractivity contribution in [1.82, 2.24) is 0 Å². The summed E-state index contributed by atoms with van der Waals surface area (Å²) >= 11 is 0. The number of aromatic hydroxyl groups is 1. The molecule has 168 valence electrons. The second kappa shape index (κ2) is 8.70. The number of Topliss-reactive ketones (excluding diaryl/α,β-unsaturated/α-hetero) is 1. The third-order valence-corrected chi connectivity index (χ3v) is 5.63. The van der Waals surface area contributed by atoms with Gasteiger partial charge >= 0.3 is 0 Å². The smallest absolute Gasteiger partial charge is 0.300 e. The number of ether oxygens (including phenoxy) is 2. The number of phenols is 1. The maximum Gasteiger partial charge on any atom is 0.300 e. The third kappa shape index (κ3) is 3.89. The van der Waals surface area contributed by atoms with E-state index in [2.05, 4.69) is 0 Å². The highest BCUT2D eigenvalue weighted by molar-refractivity contribution is 6.51. The Morgan fingerprint density at radius 1 is 0.909 bits per heavy atom. The highest BCUT2D eigenvalue weighted by Crippen LogP contribution is 2.43. The summed E-state index contributed by atoms with van der Waals surface area (Å²) in [5.74, 6) is -1.09. The van der Waals surface area contributed by atoms with Gasteiger partial charge in [-0.25, -0.2) is 0 Å². The van der Waals surface area contributed by atoms with Crippen molar-refractivity contribution in [3.63, 3.8) is 0 Å². The number of hydrogen-bond donors (Lipinski definition) is 2. The second-order valence-corrected chi connectivity index (χ2v) is 7.66. The van der Waals surface area contributed by atoms with E-state index in [1.54, 1.807) is 42.5 Å². The van der Waals surface area contributed by atoms with Crippen LogP contribution in [0.15, 0.2) is 72.3 Å². The number of hydrogen-bond acceptors (Lipinski definition) is 6. The normalized spacial score (nSPS) is 17.3. The van der Waals surface area contributed by atoms with E-state index in [-0.39, 0.29) is 28.4 Å². The number of carbonyl (C=O) groups excluding carboxylic acids is 2. The van der Waals surface area contributed by atoms with Crippen LogP contribution >= 0.6 is 0 Å². The Labute approximate surface area is 191 Å². The number of nitrogens with zero attached hydrogens (tertiary/aromatic N) is 1. The van der Waals surface area contributed by atoms with Crippen molar-refractivity contribution >= 4 is 23.1 Å². The van der Waals surface area contributed by atoms with Crippen LogP contribution in [0.5, 0.6) is 17.2 Å². The van der Waals surface area contributed by atoms with Crippen molar-refractivity contribution in [1.29, 1.82) is 0 Å². The fourth-order valence-electron chi connectivity index (χ4n) is 3.92. The van der Waals surface area contributed by atoms with E-state index < -0.39 is 17.7 Å². The Morgan fingerprint density at radius 3 is 2.18 bits per heavy atom. The van der Waals surface area contributed by atoms with Crippen molar-refractivity contribution in [2.45, 2.75) is 13.0 Å². The van der Waals surface area contributed by atoms with Gasteiger partial charge in [-0.3, -0.25) is 14.5 Å². The van der Waals surface area contributed by atoms with Gasteiger partial charge < -0.3 is 19.7 Å². The fraction of sp³-hybridized carbons (Fsp3) is 0.154. The van der Waals surface area contributed by atoms with Crippen molar-refractivity contribution in [2.24, 2.45) is 0 Å². The molecular formula is C26H23NO6. The van der Waals surface area contributed by atoms with Gasteiger partial charge in [0.1, 0.15) is 23.0 Å². The van der Waals surface area contributed by atoms with Crippen LogP contribution in [-0.4, -0.2) is 36.1 Å². The summed E-state index contributed by atoms with van der Waals surface area (Å²) in [7, 11) is 2.94. The zero-order chi connectivity index (χ0) is 23.7. The number of anilines is 1. The van der Waals surface area contributed by atoms with Crippen LogP contribution in [-0.2, 0) is 9.59 Å². The van der Waals surface area contributed by atoms with Crippen molar-refractivity contribution in [2.75, 3.05) is 19.1 Å². The van der Waals surface area contributed by atoms with Crippen molar-refractivity contribution in [3.8, 4) is 17.2 Å². The molecule has 1 heterocycles. The highest BCUT2D eigenvalue weighted by Gasteiger charge is 2.47. The molecule has 1 unspecified atom stereocenters. The quantitative estimate of drug-likeness (QED) is 0.345. The molecule has 3 aromatic rings. The predicted molar refractivity (Wildman–Crippen MR) is 124 cm³/mol. The number of benzene rings is 3. The molecule has 1 fully saturated rings. The predicted octanol–water partition coefficient (Wildman–Crippen LogP) is 4.34. The van der Waals surface area contributed by atoms with Crippen LogP contribution in [0.3, 0.4) is 0 Å². The van der Waals surface area contributed by atoms with Gasteiger partial charge in [0.25, 0.3) is 11.7 Å². The number of aliphatic hydroxyl groups is 1. The lowest BCUT2D eigenvalue weighted by Crippen LogP contribution is -2.29. The van der Waals surface area contributed by atoms with Gasteiger partial charge in [0, 0.05) is 11.8 Å². The van der Waals surface area contributed by atoms with Crippen LogP contribution in [0.4, 0.5) is 5.69 Å². The molecule has 0 aliphatic carbocycles. The molecule has 1 aliphatic heterocycles. The molecule has 2 N–H and O–H groups in total. The summed E-state index contributed by atoms with van der Waals surface area (Å²) in [6, 6.07) is 17.2. The number of amides is 1. The first-order valence-electron chi connectivity index (χ1n) is 10.2. The molecule has 0 saturated carbocycles. The average molecular weight is 445 g/mol. The molecule has 0 radical (unpaired) electrons. The first-order valence-corrected chi connectivity index (χ1v) is 10.2. The van der Waals surface area contributed by atoms with Crippen molar-refractivity contribution in [3.05, 3.63) is 89.0 Å². The average Bonchev–Trinajstić information content (AvgIpc) is 3.09. The van der Waals surface area contributed by atoms with Crippen LogP contribution in [0.2, 0.25) is 0 Å². The van der Waals surface area contributed by atoms with E-state index in [0.717, 1.165) is 5.56 Å². The largest absolute Gasteiger partial charge is 0.508 e. The van der Waals surface area contributed by atoms with Gasteiger partial charge in [-0.2, -0.15) is 0 Å². The minimum atomic E-state index is -0.903. The van der Waals surface area contributed by atoms with Crippen molar-refractivity contribution < 1.29 is 29.3 Å². The molecule has 0 bridgehead atoms. The van der Waals surface area contributed by atoms with Gasteiger partial charge in [-0.1, -0.05) is 29.8 Å². The molecule has 7 heteroatoms. The number of methoxy groups -OCH3 is 2. The second-order valence-electron chi connectivity index (χ2n) is 7.66. The lowest BCUT2D eigenvalue weighted by molar-refractivity contribution is -0.132. The monoisotopic (exact) mass is 445 g/mol. The Bertz CT molecular complexity index is 1240. The van der Waals surface area contributed by atoms with E-state index in [0.29, 0.717) is 17.0 Å². The third-order valence-electron chi connectivity index (χ3n) is 5.63. The number of aryl methyl sites for hydroxylation is 1. The summed E-state index contributed by atoms with van der Waals surface area (Å²) in [5.41, 5.74) is 2.25. The van der Waals surface area contributed by atoms with Crippen LogP contribution in [0.1, 0.15) is 22.7 Å². The van der Waals surface area contributed by atoms with Gasteiger partial charge in [0.05, 0.1) is 31.4 Å². The van der Waals surface area contributed by atoms with E-state index in [1.165, 1.54) is 31.3 Å². The number of rotatable bonds is 5. The maximum absolute atomic E-state index is 13.2. The molecule has 3 aromatic carbocycles. The number of carbonyl (C=O) groups is 2. The molecular weight excluding hydrogens is 422 g/mol. The zero-order valence-electron chi connectivity index (χ0n) is 18.4. The van der Waals surface area contributed by atoms with Gasteiger partial charge in [0.2, 0.25) is 0 Å². The summed E-state index contributed by atoms with van der Waals surface area (Å²) < 4.78 is 10.6. The Hall–Kier alpha value is -4.26. The molecule has 0 spiro atoms. The lowest BCUT2D eigenvalue weighted by atomic mass is 9.94. The Morgan fingerprint density at radius 2 is 1.58 bits per heavy atom.